The number of anilines is 2. The molecule has 0 bridgehead atoms. The van der Waals surface area contributed by atoms with Gasteiger partial charge in [0, 0.05) is 19.2 Å². The van der Waals surface area contributed by atoms with Gasteiger partial charge in [0.1, 0.15) is 23.7 Å². The number of nitrogens with one attached hydrogen (secondary N) is 2. The van der Waals surface area contributed by atoms with Crippen molar-refractivity contribution in [3.05, 3.63) is 48.2 Å². The molecule has 0 aliphatic heterocycles. The van der Waals surface area contributed by atoms with Gasteiger partial charge in [-0.25, -0.2) is 14.4 Å². The molecule has 0 fully saturated rings. The fourth-order valence-corrected chi connectivity index (χ4v) is 1.73. The molecule has 1 aromatic carbocycles. The summed E-state index contributed by atoms with van der Waals surface area (Å²) >= 11 is 0. The van der Waals surface area contributed by atoms with Crippen molar-refractivity contribution in [2.24, 2.45) is 0 Å². The van der Waals surface area contributed by atoms with E-state index in [-0.39, 0.29) is 11.6 Å². The Labute approximate surface area is 128 Å². The van der Waals surface area contributed by atoms with Crippen LogP contribution in [0.4, 0.5) is 15.9 Å². The number of para-hydroxylation sites is 1. The van der Waals surface area contributed by atoms with E-state index in [9.17, 15) is 9.18 Å². The Morgan fingerprint density at radius 3 is 2.77 bits per heavy atom. The van der Waals surface area contributed by atoms with Gasteiger partial charge in [0.15, 0.2) is 0 Å². The number of likely N-dealkylation sites (N-methyl/N-ethyl adjacent to an activating group) is 1. The monoisotopic (exact) mass is 303 g/mol. The summed E-state index contributed by atoms with van der Waals surface area (Å²) in [4.78, 5) is 21.9. The van der Waals surface area contributed by atoms with E-state index in [2.05, 4.69) is 20.6 Å². The second-order valence-electron chi connectivity index (χ2n) is 4.95. The van der Waals surface area contributed by atoms with Gasteiger partial charge in [-0.2, -0.15) is 0 Å². The zero-order valence-corrected chi connectivity index (χ0v) is 12.5. The van der Waals surface area contributed by atoms with Crippen LogP contribution in [0.25, 0.3) is 0 Å². The molecule has 0 radical (unpaired) electrons. The van der Waals surface area contributed by atoms with Crippen LogP contribution in [0.15, 0.2) is 36.7 Å². The minimum absolute atomic E-state index is 0.229. The van der Waals surface area contributed by atoms with Crippen molar-refractivity contribution < 1.29 is 9.18 Å². The Balaban J connectivity index is 2.03. The highest BCUT2D eigenvalue weighted by molar-refractivity contribution is 5.92. The summed E-state index contributed by atoms with van der Waals surface area (Å²) in [7, 11) is 3.85. The lowest BCUT2D eigenvalue weighted by Gasteiger charge is -2.11. The van der Waals surface area contributed by atoms with Crippen molar-refractivity contribution in [1.29, 1.82) is 0 Å². The Kier molecular flexibility index (Phi) is 5.37. The number of hydrogen-bond donors (Lipinski definition) is 2. The molecule has 2 aromatic rings. The van der Waals surface area contributed by atoms with Crippen molar-refractivity contribution in [2.75, 3.05) is 32.5 Å². The van der Waals surface area contributed by atoms with Gasteiger partial charge in [-0.05, 0) is 26.2 Å². The van der Waals surface area contributed by atoms with Gasteiger partial charge >= 0.3 is 0 Å². The second-order valence-corrected chi connectivity index (χ2v) is 4.95. The summed E-state index contributed by atoms with van der Waals surface area (Å²) < 4.78 is 13.6. The first-order valence-corrected chi connectivity index (χ1v) is 6.83. The molecule has 2 N–H and O–H groups in total. The Morgan fingerprint density at radius 1 is 1.27 bits per heavy atom. The fraction of sp³-hybridized carbons (Fsp3) is 0.267. The molecule has 1 amide bonds. The van der Waals surface area contributed by atoms with Gasteiger partial charge in [0.05, 0.1) is 5.69 Å². The molecule has 0 aliphatic rings. The normalized spacial score (nSPS) is 10.5. The van der Waals surface area contributed by atoms with Crippen molar-refractivity contribution >= 4 is 17.4 Å². The predicted molar refractivity (Wildman–Crippen MR) is 82.6 cm³/mol. The molecule has 0 aliphatic carbocycles. The summed E-state index contributed by atoms with van der Waals surface area (Å²) in [5, 5.41) is 5.59. The lowest BCUT2D eigenvalue weighted by molar-refractivity contribution is 0.0946. The number of nitrogens with zero attached hydrogens (tertiary/aromatic N) is 3. The first-order chi connectivity index (χ1) is 10.6. The molecule has 1 aromatic heterocycles. The number of carbonyl (C=O) groups excluding carboxylic acids is 1. The summed E-state index contributed by atoms with van der Waals surface area (Å²) in [5.41, 5.74) is 0.521. The minimum atomic E-state index is -0.391. The molecule has 0 atom stereocenters. The van der Waals surface area contributed by atoms with E-state index in [4.69, 9.17) is 0 Å². The number of amides is 1. The maximum Gasteiger partial charge on any atom is 0.270 e. The summed E-state index contributed by atoms with van der Waals surface area (Å²) in [5.74, 6) is -0.322. The van der Waals surface area contributed by atoms with Crippen molar-refractivity contribution in [3.8, 4) is 0 Å². The first-order valence-electron chi connectivity index (χ1n) is 6.83. The highest BCUT2D eigenvalue weighted by Gasteiger charge is 2.09. The van der Waals surface area contributed by atoms with Crippen molar-refractivity contribution in [3.63, 3.8) is 0 Å². The summed E-state index contributed by atoms with van der Waals surface area (Å²) in [6.07, 6.45) is 1.27. The standard InChI is InChI=1S/C15H18FN5O/c1-21(2)8-7-17-15(22)13-9-14(19-10-18-13)20-12-6-4-3-5-11(12)16/h3-6,9-10H,7-8H2,1-2H3,(H,17,22)(H,18,19,20). The van der Waals surface area contributed by atoms with Crippen LogP contribution in [0.5, 0.6) is 0 Å². The van der Waals surface area contributed by atoms with Crippen LogP contribution in [-0.4, -0.2) is 48.0 Å². The predicted octanol–water partition coefficient (Wildman–Crippen LogP) is 1.65. The number of rotatable bonds is 6. The van der Waals surface area contributed by atoms with E-state index in [1.807, 2.05) is 19.0 Å². The van der Waals surface area contributed by atoms with Gasteiger partial charge in [-0.3, -0.25) is 4.79 Å². The van der Waals surface area contributed by atoms with Crippen LogP contribution < -0.4 is 10.6 Å². The van der Waals surface area contributed by atoms with Crippen LogP contribution in [0.1, 0.15) is 10.5 Å². The third-order valence-electron chi connectivity index (χ3n) is 2.88. The van der Waals surface area contributed by atoms with Crippen LogP contribution in [0, 0.1) is 5.82 Å². The number of carbonyl (C=O) groups is 1. The lowest BCUT2D eigenvalue weighted by atomic mass is 10.3. The maximum absolute atomic E-state index is 13.6. The molecule has 0 saturated heterocycles. The average Bonchev–Trinajstić information content (AvgIpc) is 2.49. The zero-order valence-electron chi connectivity index (χ0n) is 12.5. The van der Waals surface area contributed by atoms with E-state index in [1.165, 1.54) is 18.5 Å². The molecule has 6 nitrogen and oxygen atoms in total. The molecule has 0 saturated carbocycles. The lowest BCUT2D eigenvalue weighted by Crippen LogP contribution is -2.31. The van der Waals surface area contributed by atoms with Gasteiger partial charge in [0.2, 0.25) is 0 Å². The average molecular weight is 303 g/mol. The Morgan fingerprint density at radius 2 is 2.05 bits per heavy atom. The van der Waals surface area contributed by atoms with Crippen LogP contribution in [0.2, 0.25) is 0 Å². The Bertz CT molecular complexity index is 647. The Hall–Kier alpha value is -2.54. The van der Waals surface area contributed by atoms with E-state index in [0.29, 0.717) is 18.1 Å². The minimum Gasteiger partial charge on any atom is -0.349 e. The van der Waals surface area contributed by atoms with E-state index in [0.717, 1.165) is 6.54 Å². The van der Waals surface area contributed by atoms with E-state index >= 15 is 0 Å². The molecule has 22 heavy (non-hydrogen) atoms. The van der Waals surface area contributed by atoms with E-state index < -0.39 is 5.82 Å². The zero-order chi connectivity index (χ0) is 15.9. The van der Waals surface area contributed by atoms with Gasteiger partial charge < -0.3 is 15.5 Å². The smallest absolute Gasteiger partial charge is 0.270 e. The van der Waals surface area contributed by atoms with Crippen LogP contribution >= 0.6 is 0 Å². The third-order valence-corrected chi connectivity index (χ3v) is 2.88. The largest absolute Gasteiger partial charge is 0.349 e. The molecule has 0 spiro atoms. The molecule has 116 valence electrons. The topological polar surface area (TPSA) is 70.2 Å². The van der Waals surface area contributed by atoms with Crippen LogP contribution in [-0.2, 0) is 0 Å². The molecule has 7 heteroatoms. The van der Waals surface area contributed by atoms with Gasteiger partial charge in [0.25, 0.3) is 5.91 Å². The fourth-order valence-electron chi connectivity index (χ4n) is 1.73. The highest BCUT2D eigenvalue weighted by atomic mass is 19.1. The molecule has 2 rings (SSSR count). The highest BCUT2D eigenvalue weighted by Crippen LogP contribution is 2.17. The SMILES string of the molecule is CN(C)CCNC(=O)c1cc(Nc2ccccc2F)ncn1. The second kappa shape index (κ2) is 7.46. The van der Waals surface area contributed by atoms with E-state index in [1.54, 1.807) is 18.2 Å². The molecular formula is C15H18FN5O. The van der Waals surface area contributed by atoms with Crippen molar-refractivity contribution in [1.82, 2.24) is 20.2 Å². The molecule has 1 heterocycles. The maximum atomic E-state index is 13.6. The first kappa shape index (κ1) is 15.8. The van der Waals surface area contributed by atoms with Crippen molar-refractivity contribution in [2.45, 2.75) is 0 Å². The number of hydrogen-bond acceptors (Lipinski definition) is 5. The summed E-state index contributed by atoms with van der Waals surface area (Å²) in [6, 6.07) is 7.73. The third kappa shape index (κ3) is 4.49. The number of aromatic nitrogens is 2. The number of benzene rings is 1. The van der Waals surface area contributed by atoms with Gasteiger partial charge in [-0.15, -0.1) is 0 Å². The number of halogens is 1. The molecule has 0 unspecified atom stereocenters. The quantitative estimate of drug-likeness (QED) is 0.849. The van der Waals surface area contributed by atoms with Gasteiger partial charge in [-0.1, -0.05) is 12.1 Å². The molecular weight excluding hydrogens is 285 g/mol. The van der Waals surface area contributed by atoms with Crippen LogP contribution in [0.3, 0.4) is 0 Å². The summed E-state index contributed by atoms with van der Waals surface area (Å²) in [6.45, 7) is 1.25.